The normalized spacial score (nSPS) is 14.9. The molecule has 0 bridgehead atoms. The summed E-state index contributed by atoms with van der Waals surface area (Å²) in [5.74, 6) is 0.581. The molecule has 1 aliphatic rings. The molecule has 0 aromatic carbocycles. The third kappa shape index (κ3) is 2.97. The van der Waals surface area contributed by atoms with E-state index in [2.05, 4.69) is 20.2 Å². The Morgan fingerprint density at radius 1 is 1.39 bits per heavy atom. The molecule has 1 aliphatic heterocycles. The molecule has 0 aliphatic carbocycles. The summed E-state index contributed by atoms with van der Waals surface area (Å²) in [5, 5.41) is 2.85. The number of hydrogen-bond donors (Lipinski definition) is 1. The van der Waals surface area contributed by atoms with E-state index in [1.807, 2.05) is 13.8 Å². The molecule has 1 fully saturated rings. The fourth-order valence-corrected chi connectivity index (χ4v) is 2.06. The summed E-state index contributed by atoms with van der Waals surface area (Å²) in [5.41, 5.74) is 1.31. The Morgan fingerprint density at radius 2 is 2.11 bits per heavy atom. The minimum absolute atomic E-state index is 0.109. The van der Waals surface area contributed by atoms with Gasteiger partial charge in [-0.3, -0.25) is 4.79 Å². The molecule has 2 rings (SSSR count). The van der Waals surface area contributed by atoms with Crippen LogP contribution in [0.3, 0.4) is 0 Å². The number of amides is 1. The summed E-state index contributed by atoms with van der Waals surface area (Å²) in [7, 11) is 0. The zero-order chi connectivity index (χ0) is 13.0. The lowest BCUT2D eigenvalue weighted by atomic mass is 10.3. The fraction of sp³-hybridized carbons (Fsp3) is 0.615. The van der Waals surface area contributed by atoms with E-state index in [1.54, 1.807) is 6.07 Å². The van der Waals surface area contributed by atoms with Crippen molar-refractivity contribution >= 4 is 11.9 Å². The molecule has 18 heavy (non-hydrogen) atoms. The maximum Gasteiger partial charge on any atom is 0.270 e. The van der Waals surface area contributed by atoms with Crippen molar-refractivity contribution in [3.8, 4) is 0 Å². The smallest absolute Gasteiger partial charge is 0.270 e. The van der Waals surface area contributed by atoms with E-state index in [0.29, 0.717) is 18.2 Å². The van der Waals surface area contributed by atoms with Gasteiger partial charge in [-0.25, -0.2) is 9.97 Å². The van der Waals surface area contributed by atoms with Crippen LogP contribution in [0, 0.1) is 6.92 Å². The van der Waals surface area contributed by atoms with Crippen LogP contribution in [-0.4, -0.2) is 35.5 Å². The number of anilines is 1. The van der Waals surface area contributed by atoms with Crippen LogP contribution < -0.4 is 10.2 Å². The predicted octanol–water partition coefficient (Wildman–Crippen LogP) is 1.53. The number of carbonyl (C=O) groups is 1. The van der Waals surface area contributed by atoms with E-state index < -0.39 is 0 Å². The molecule has 98 valence electrons. The predicted molar refractivity (Wildman–Crippen MR) is 70.8 cm³/mol. The molecule has 0 unspecified atom stereocenters. The van der Waals surface area contributed by atoms with E-state index in [1.165, 1.54) is 12.8 Å². The quantitative estimate of drug-likeness (QED) is 0.877. The van der Waals surface area contributed by atoms with E-state index in [-0.39, 0.29) is 5.91 Å². The number of carbonyl (C=O) groups excluding carboxylic acids is 1. The summed E-state index contributed by atoms with van der Waals surface area (Å²) in [6, 6.07) is 1.74. The van der Waals surface area contributed by atoms with Crippen LogP contribution in [-0.2, 0) is 0 Å². The first-order valence-corrected chi connectivity index (χ1v) is 6.59. The Balaban J connectivity index is 2.17. The topological polar surface area (TPSA) is 58.1 Å². The van der Waals surface area contributed by atoms with Crippen molar-refractivity contribution in [3.05, 3.63) is 17.5 Å². The lowest BCUT2D eigenvalue weighted by molar-refractivity contribution is 0.0948. The Bertz CT molecular complexity index is 427. The molecule has 1 aromatic heterocycles. The average molecular weight is 248 g/mol. The standard InChI is InChI=1S/C13H20N4O/c1-3-6-14-12(18)11-9-10(2)15-13(16-11)17-7-4-5-8-17/h9H,3-8H2,1-2H3,(H,14,18). The number of aryl methyl sites for hydroxylation is 1. The van der Waals surface area contributed by atoms with Crippen LogP contribution in [0.15, 0.2) is 6.07 Å². The molecular weight excluding hydrogens is 228 g/mol. The summed E-state index contributed by atoms with van der Waals surface area (Å²) in [6.07, 6.45) is 3.28. The van der Waals surface area contributed by atoms with Crippen molar-refractivity contribution in [1.29, 1.82) is 0 Å². The van der Waals surface area contributed by atoms with Crippen molar-refractivity contribution in [2.45, 2.75) is 33.1 Å². The van der Waals surface area contributed by atoms with Gasteiger partial charge in [0.1, 0.15) is 5.69 Å². The van der Waals surface area contributed by atoms with Gasteiger partial charge in [0.15, 0.2) is 0 Å². The minimum Gasteiger partial charge on any atom is -0.351 e. The number of nitrogens with one attached hydrogen (secondary N) is 1. The third-order valence-electron chi connectivity index (χ3n) is 3.00. The van der Waals surface area contributed by atoms with Crippen LogP contribution in [0.1, 0.15) is 42.4 Å². The van der Waals surface area contributed by atoms with Gasteiger partial charge in [0.2, 0.25) is 5.95 Å². The van der Waals surface area contributed by atoms with Crippen LogP contribution in [0.2, 0.25) is 0 Å². The molecule has 1 N–H and O–H groups in total. The maximum absolute atomic E-state index is 11.9. The maximum atomic E-state index is 11.9. The summed E-state index contributed by atoms with van der Waals surface area (Å²) < 4.78 is 0. The average Bonchev–Trinajstić information content (AvgIpc) is 2.89. The highest BCUT2D eigenvalue weighted by molar-refractivity contribution is 5.92. The largest absolute Gasteiger partial charge is 0.351 e. The van der Waals surface area contributed by atoms with Crippen LogP contribution >= 0.6 is 0 Å². The molecule has 0 atom stereocenters. The van der Waals surface area contributed by atoms with E-state index in [9.17, 15) is 4.79 Å². The lowest BCUT2D eigenvalue weighted by Crippen LogP contribution is -2.27. The SMILES string of the molecule is CCCNC(=O)c1cc(C)nc(N2CCCC2)n1. The highest BCUT2D eigenvalue weighted by atomic mass is 16.1. The molecule has 1 saturated heterocycles. The van der Waals surface area contributed by atoms with E-state index >= 15 is 0 Å². The first kappa shape index (κ1) is 12.8. The van der Waals surface area contributed by atoms with Crippen molar-refractivity contribution in [2.75, 3.05) is 24.5 Å². The third-order valence-corrected chi connectivity index (χ3v) is 3.00. The number of hydrogen-bond acceptors (Lipinski definition) is 4. The van der Waals surface area contributed by atoms with Gasteiger partial charge < -0.3 is 10.2 Å². The van der Waals surface area contributed by atoms with Crippen molar-refractivity contribution < 1.29 is 4.79 Å². The zero-order valence-electron chi connectivity index (χ0n) is 11.1. The van der Waals surface area contributed by atoms with Crippen LogP contribution in [0.25, 0.3) is 0 Å². The minimum atomic E-state index is -0.109. The molecule has 1 aromatic rings. The molecule has 2 heterocycles. The molecule has 5 nitrogen and oxygen atoms in total. The second-order valence-electron chi connectivity index (χ2n) is 4.64. The summed E-state index contributed by atoms with van der Waals surface area (Å²) in [6.45, 7) is 6.58. The summed E-state index contributed by atoms with van der Waals surface area (Å²) >= 11 is 0. The van der Waals surface area contributed by atoms with Crippen molar-refractivity contribution in [1.82, 2.24) is 15.3 Å². The highest BCUT2D eigenvalue weighted by Crippen LogP contribution is 2.16. The Morgan fingerprint density at radius 3 is 2.78 bits per heavy atom. The first-order valence-electron chi connectivity index (χ1n) is 6.59. The van der Waals surface area contributed by atoms with E-state index in [4.69, 9.17) is 0 Å². The second kappa shape index (κ2) is 5.80. The van der Waals surface area contributed by atoms with Gasteiger partial charge in [-0.2, -0.15) is 0 Å². The molecule has 5 heteroatoms. The zero-order valence-corrected chi connectivity index (χ0v) is 11.1. The van der Waals surface area contributed by atoms with Gasteiger partial charge >= 0.3 is 0 Å². The lowest BCUT2D eigenvalue weighted by Gasteiger charge is -2.16. The Kier molecular flexibility index (Phi) is 4.12. The molecule has 1 amide bonds. The monoisotopic (exact) mass is 248 g/mol. The van der Waals surface area contributed by atoms with Crippen LogP contribution in [0.5, 0.6) is 0 Å². The Hall–Kier alpha value is -1.65. The Labute approximate surface area is 108 Å². The van der Waals surface area contributed by atoms with Gasteiger partial charge in [0.25, 0.3) is 5.91 Å². The van der Waals surface area contributed by atoms with Gasteiger partial charge in [-0.1, -0.05) is 6.92 Å². The number of aromatic nitrogens is 2. The van der Waals surface area contributed by atoms with Gasteiger partial charge in [-0.05, 0) is 32.3 Å². The molecule has 0 saturated carbocycles. The second-order valence-corrected chi connectivity index (χ2v) is 4.64. The van der Waals surface area contributed by atoms with Gasteiger partial charge in [0.05, 0.1) is 0 Å². The van der Waals surface area contributed by atoms with Crippen molar-refractivity contribution in [2.24, 2.45) is 0 Å². The number of rotatable bonds is 4. The first-order chi connectivity index (χ1) is 8.70. The number of nitrogens with zero attached hydrogens (tertiary/aromatic N) is 3. The molecule has 0 spiro atoms. The fourth-order valence-electron chi connectivity index (χ4n) is 2.06. The van der Waals surface area contributed by atoms with Gasteiger partial charge in [-0.15, -0.1) is 0 Å². The van der Waals surface area contributed by atoms with Gasteiger partial charge in [0, 0.05) is 25.3 Å². The van der Waals surface area contributed by atoms with Crippen molar-refractivity contribution in [3.63, 3.8) is 0 Å². The van der Waals surface area contributed by atoms with Crippen LogP contribution in [0.4, 0.5) is 5.95 Å². The highest BCUT2D eigenvalue weighted by Gasteiger charge is 2.17. The molecule has 0 radical (unpaired) electrons. The molecular formula is C13H20N4O. The van der Waals surface area contributed by atoms with E-state index in [0.717, 1.165) is 25.2 Å². The summed E-state index contributed by atoms with van der Waals surface area (Å²) in [4.78, 5) is 22.8.